The third kappa shape index (κ3) is 5.73. The fourth-order valence-electron chi connectivity index (χ4n) is 1.64. The predicted octanol–water partition coefficient (Wildman–Crippen LogP) is 2.32. The highest BCUT2D eigenvalue weighted by Gasteiger charge is 2.16. The van der Waals surface area contributed by atoms with Crippen LogP contribution in [0.5, 0.6) is 0 Å². The number of halogens is 1. The van der Waals surface area contributed by atoms with Crippen molar-refractivity contribution in [3.63, 3.8) is 0 Å². The molecule has 116 valence electrons. The molecule has 0 spiro atoms. The zero-order valence-corrected chi connectivity index (χ0v) is 13.3. The monoisotopic (exact) mass is 332 g/mol. The molecule has 0 radical (unpaired) electrons. The molecule has 0 heterocycles. The zero-order valence-electron chi connectivity index (χ0n) is 11.7. The Kier molecular flexibility index (Phi) is 6.64. The van der Waals surface area contributed by atoms with E-state index in [4.69, 9.17) is 16.7 Å². The molecule has 0 bridgehead atoms. The number of benzene rings is 1. The van der Waals surface area contributed by atoms with Crippen molar-refractivity contribution in [1.82, 2.24) is 5.32 Å². The maximum Gasteiger partial charge on any atom is 0.339 e. The van der Waals surface area contributed by atoms with Crippen molar-refractivity contribution >= 4 is 40.1 Å². The number of carboxylic acids is 1. The second-order valence-corrected chi connectivity index (χ2v) is 6.49. The molecule has 1 aromatic rings. The summed E-state index contributed by atoms with van der Waals surface area (Å²) >= 11 is 5.81. The van der Waals surface area contributed by atoms with Crippen LogP contribution in [0.25, 0.3) is 0 Å². The molecule has 0 aliphatic heterocycles. The minimum absolute atomic E-state index is 0.0507. The zero-order chi connectivity index (χ0) is 16.0. The predicted molar refractivity (Wildman–Crippen MR) is 83.6 cm³/mol. The fourth-order valence-corrected chi connectivity index (χ4v) is 2.58. The SMILES string of the molecule is CC(CCS(C)=O)NC(=O)Nc1cccc(Cl)c1C(=O)O. The van der Waals surface area contributed by atoms with Gasteiger partial charge in [-0.1, -0.05) is 17.7 Å². The van der Waals surface area contributed by atoms with Gasteiger partial charge < -0.3 is 15.7 Å². The van der Waals surface area contributed by atoms with E-state index in [1.165, 1.54) is 12.1 Å². The summed E-state index contributed by atoms with van der Waals surface area (Å²) in [6.45, 7) is 1.78. The van der Waals surface area contributed by atoms with E-state index in [0.29, 0.717) is 12.2 Å². The lowest BCUT2D eigenvalue weighted by Gasteiger charge is -2.15. The van der Waals surface area contributed by atoms with Gasteiger partial charge in [-0.3, -0.25) is 4.21 Å². The van der Waals surface area contributed by atoms with Gasteiger partial charge in [-0.2, -0.15) is 0 Å². The van der Waals surface area contributed by atoms with Gasteiger partial charge in [0, 0.05) is 28.9 Å². The van der Waals surface area contributed by atoms with Crippen molar-refractivity contribution in [2.24, 2.45) is 0 Å². The first-order chi connectivity index (χ1) is 9.81. The molecule has 2 atom stereocenters. The number of aromatic carboxylic acids is 1. The summed E-state index contributed by atoms with van der Waals surface area (Å²) in [5.74, 6) is -0.732. The van der Waals surface area contributed by atoms with E-state index in [1.54, 1.807) is 19.2 Å². The van der Waals surface area contributed by atoms with Crippen LogP contribution in [0.3, 0.4) is 0 Å². The number of hydrogen-bond donors (Lipinski definition) is 3. The Labute approximate surface area is 130 Å². The van der Waals surface area contributed by atoms with Crippen molar-refractivity contribution in [2.45, 2.75) is 19.4 Å². The first-order valence-electron chi connectivity index (χ1n) is 6.20. The van der Waals surface area contributed by atoms with E-state index in [0.717, 1.165) is 0 Å². The van der Waals surface area contributed by atoms with Crippen molar-refractivity contribution in [2.75, 3.05) is 17.3 Å². The average molecular weight is 333 g/mol. The lowest BCUT2D eigenvalue weighted by molar-refractivity contribution is 0.0698. The van der Waals surface area contributed by atoms with Crippen LogP contribution in [-0.2, 0) is 10.8 Å². The highest BCUT2D eigenvalue weighted by Crippen LogP contribution is 2.24. The Morgan fingerprint density at radius 3 is 2.67 bits per heavy atom. The van der Waals surface area contributed by atoms with E-state index in [2.05, 4.69) is 10.6 Å². The van der Waals surface area contributed by atoms with Crippen LogP contribution in [0.4, 0.5) is 10.5 Å². The molecule has 0 saturated heterocycles. The molecular weight excluding hydrogens is 316 g/mol. The van der Waals surface area contributed by atoms with Crippen molar-refractivity contribution in [3.8, 4) is 0 Å². The lowest BCUT2D eigenvalue weighted by Crippen LogP contribution is -2.37. The highest BCUT2D eigenvalue weighted by molar-refractivity contribution is 7.84. The van der Waals surface area contributed by atoms with E-state index < -0.39 is 22.8 Å². The molecule has 2 unspecified atom stereocenters. The van der Waals surface area contributed by atoms with Crippen LogP contribution in [0.2, 0.25) is 5.02 Å². The summed E-state index contributed by atoms with van der Waals surface area (Å²) in [4.78, 5) is 23.0. The number of rotatable bonds is 6. The molecular formula is C13H17ClN2O4S. The Hall–Kier alpha value is -1.60. The summed E-state index contributed by atoms with van der Waals surface area (Å²) in [6, 6.07) is 3.73. The fraction of sp³-hybridized carbons (Fsp3) is 0.385. The van der Waals surface area contributed by atoms with Gasteiger partial charge in [-0.05, 0) is 25.5 Å². The minimum Gasteiger partial charge on any atom is -0.478 e. The Morgan fingerprint density at radius 1 is 1.43 bits per heavy atom. The van der Waals surface area contributed by atoms with Crippen LogP contribution in [0.15, 0.2) is 18.2 Å². The van der Waals surface area contributed by atoms with Crippen LogP contribution >= 0.6 is 11.6 Å². The van der Waals surface area contributed by atoms with E-state index >= 15 is 0 Å². The van der Waals surface area contributed by atoms with Gasteiger partial charge in [0.1, 0.15) is 5.56 Å². The summed E-state index contributed by atoms with van der Waals surface area (Å²) < 4.78 is 11.0. The Bertz CT molecular complexity index is 565. The number of carbonyl (C=O) groups excluding carboxylic acids is 1. The van der Waals surface area contributed by atoms with Gasteiger partial charge in [-0.25, -0.2) is 9.59 Å². The number of carboxylic acid groups (broad SMARTS) is 1. The lowest BCUT2D eigenvalue weighted by atomic mass is 10.2. The number of carbonyl (C=O) groups is 2. The van der Waals surface area contributed by atoms with Crippen LogP contribution in [-0.4, -0.2) is 39.4 Å². The molecule has 1 aromatic carbocycles. The molecule has 0 fully saturated rings. The molecule has 3 N–H and O–H groups in total. The smallest absolute Gasteiger partial charge is 0.339 e. The molecule has 21 heavy (non-hydrogen) atoms. The summed E-state index contributed by atoms with van der Waals surface area (Å²) in [5, 5.41) is 14.3. The minimum atomic E-state index is -1.22. The normalized spacial score (nSPS) is 13.3. The van der Waals surface area contributed by atoms with Gasteiger partial charge in [0.15, 0.2) is 0 Å². The van der Waals surface area contributed by atoms with Crippen LogP contribution in [0, 0.1) is 0 Å². The molecule has 0 aliphatic carbocycles. The molecule has 0 saturated carbocycles. The van der Waals surface area contributed by atoms with Gasteiger partial charge in [0.25, 0.3) is 0 Å². The topological polar surface area (TPSA) is 95.5 Å². The quantitative estimate of drug-likeness (QED) is 0.745. The molecule has 1 rings (SSSR count). The van der Waals surface area contributed by atoms with Gasteiger partial charge >= 0.3 is 12.0 Å². The standard InChI is InChI=1S/C13H17ClN2O4S/c1-8(6-7-21(2)20)15-13(19)16-10-5-3-4-9(14)11(10)12(17)18/h3-5,8H,6-7H2,1-2H3,(H,17,18)(H2,15,16,19). The van der Waals surface area contributed by atoms with Gasteiger partial charge in [-0.15, -0.1) is 0 Å². The van der Waals surface area contributed by atoms with Gasteiger partial charge in [0.05, 0.1) is 10.7 Å². The van der Waals surface area contributed by atoms with E-state index in [1.807, 2.05) is 0 Å². The summed E-state index contributed by atoms with van der Waals surface area (Å²) in [6.07, 6.45) is 2.16. The van der Waals surface area contributed by atoms with E-state index in [9.17, 15) is 13.8 Å². The maximum atomic E-state index is 11.8. The summed E-state index contributed by atoms with van der Waals surface area (Å²) in [7, 11) is -0.919. The van der Waals surface area contributed by atoms with E-state index in [-0.39, 0.29) is 22.3 Å². The number of urea groups is 1. The van der Waals surface area contributed by atoms with Crippen LogP contribution in [0.1, 0.15) is 23.7 Å². The van der Waals surface area contributed by atoms with Crippen molar-refractivity contribution < 1.29 is 18.9 Å². The average Bonchev–Trinajstić information content (AvgIpc) is 2.35. The summed E-state index contributed by atoms with van der Waals surface area (Å²) in [5.41, 5.74) is -0.0320. The van der Waals surface area contributed by atoms with Gasteiger partial charge in [0.2, 0.25) is 0 Å². The third-order valence-corrected chi connectivity index (χ3v) is 3.82. The maximum absolute atomic E-state index is 11.8. The Balaban J connectivity index is 2.69. The largest absolute Gasteiger partial charge is 0.478 e. The number of hydrogen-bond acceptors (Lipinski definition) is 3. The molecule has 2 amide bonds. The number of amides is 2. The Morgan fingerprint density at radius 2 is 2.10 bits per heavy atom. The second kappa shape index (κ2) is 7.99. The first-order valence-corrected chi connectivity index (χ1v) is 8.31. The van der Waals surface area contributed by atoms with Crippen LogP contribution < -0.4 is 10.6 Å². The molecule has 0 aromatic heterocycles. The highest BCUT2D eigenvalue weighted by atomic mass is 35.5. The molecule has 6 nitrogen and oxygen atoms in total. The molecule has 0 aliphatic rings. The number of anilines is 1. The first kappa shape index (κ1) is 17.5. The van der Waals surface area contributed by atoms with Crippen molar-refractivity contribution in [1.29, 1.82) is 0 Å². The van der Waals surface area contributed by atoms with Crippen molar-refractivity contribution in [3.05, 3.63) is 28.8 Å². The number of nitrogens with one attached hydrogen (secondary N) is 2. The second-order valence-electron chi connectivity index (χ2n) is 4.53. The molecule has 8 heteroatoms. The third-order valence-electron chi connectivity index (χ3n) is 2.69.